The summed E-state index contributed by atoms with van der Waals surface area (Å²) in [5.74, 6) is 0.795. The van der Waals surface area contributed by atoms with Crippen molar-refractivity contribution < 1.29 is 4.42 Å². The van der Waals surface area contributed by atoms with E-state index in [1.165, 1.54) is 0 Å². The van der Waals surface area contributed by atoms with Crippen LogP contribution in [0.1, 0.15) is 16.7 Å². The Bertz CT molecular complexity index is 551. The van der Waals surface area contributed by atoms with E-state index in [0.29, 0.717) is 11.5 Å². The monoisotopic (exact) mass is 261 g/mol. The van der Waals surface area contributed by atoms with Crippen molar-refractivity contribution in [2.75, 3.05) is 11.9 Å². The molecule has 0 unspecified atom stereocenters. The van der Waals surface area contributed by atoms with Crippen LogP contribution in [0.3, 0.4) is 0 Å². The molecule has 0 aliphatic rings. The largest absolute Gasteiger partial charge is 0.472 e. The first-order valence-electron chi connectivity index (χ1n) is 5.57. The lowest BCUT2D eigenvalue weighted by Gasteiger charge is -2.21. The van der Waals surface area contributed by atoms with Crippen LogP contribution >= 0.6 is 12.2 Å². The zero-order valence-corrected chi connectivity index (χ0v) is 11.2. The number of hydrogen-bond acceptors (Lipinski definition) is 4. The summed E-state index contributed by atoms with van der Waals surface area (Å²) in [5, 5.41) is 0. The van der Waals surface area contributed by atoms with Crippen molar-refractivity contribution in [3.05, 3.63) is 47.5 Å². The molecule has 0 saturated heterocycles. The van der Waals surface area contributed by atoms with E-state index >= 15 is 0 Å². The van der Waals surface area contributed by atoms with Gasteiger partial charge in [-0.2, -0.15) is 0 Å². The highest BCUT2D eigenvalue weighted by atomic mass is 32.1. The van der Waals surface area contributed by atoms with Gasteiger partial charge < -0.3 is 15.1 Å². The van der Waals surface area contributed by atoms with E-state index in [1.54, 1.807) is 18.7 Å². The summed E-state index contributed by atoms with van der Waals surface area (Å²) in [7, 11) is 1.95. The fraction of sp³-hybridized carbons (Fsp3) is 0.231. The second kappa shape index (κ2) is 5.18. The highest BCUT2D eigenvalue weighted by molar-refractivity contribution is 7.80. The predicted octanol–water partition coefficient (Wildman–Crippen LogP) is 2.25. The number of hydrogen-bond donors (Lipinski definition) is 1. The molecule has 2 heterocycles. The third-order valence-corrected chi connectivity index (χ3v) is 2.95. The maximum Gasteiger partial charge on any atom is 0.139 e. The Labute approximate surface area is 111 Å². The number of pyridine rings is 1. The molecule has 2 aromatic rings. The lowest BCUT2D eigenvalue weighted by molar-refractivity contribution is 0.563. The molecule has 0 amide bonds. The van der Waals surface area contributed by atoms with Crippen molar-refractivity contribution in [1.82, 2.24) is 4.98 Å². The summed E-state index contributed by atoms with van der Waals surface area (Å²) in [5.41, 5.74) is 8.72. The zero-order chi connectivity index (χ0) is 13.1. The van der Waals surface area contributed by atoms with E-state index in [1.807, 2.05) is 31.0 Å². The average Bonchev–Trinajstić information content (AvgIpc) is 2.80. The highest BCUT2D eigenvalue weighted by Crippen LogP contribution is 2.21. The number of thiocarbonyl (C=S) groups is 1. The Morgan fingerprint density at radius 2 is 2.28 bits per heavy atom. The summed E-state index contributed by atoms with van der Waals surface area (Å²) in [4.78, 5) is 6.75. The lowest BCUT2D eigenvalue weighted by atomic mass is 10.1. The topological polar surface area (TPSA) is 55.3 Å². The van der Waals surface area contributed by atoms with Gasteiger partial charge in [-0.3, -0.25) is 0 Å². The minimum Gasteiger partial charge on any atom is -0.472 e. The van der Waals surface area contributed by atoms with Gasteiger partial charge in [-0.15, -0.1) is 0 Å². The fourth-order valence-corrected chi connectivity index (χ4v) is 2.12. The van der Waals surface area contributed by atoms with Crippen molar-refractivity contribution in [3.8, 4) is 0 Å². The zero-order valence-electron chi connectivity index (χ0n) is 10.4. The van der Waals surface area contributed by atoms with Gasteiger partial charge in [0.1, 0.15) is 10.8 Å². The molecular formula is C13H15N3OS. The second-order valence-electron chi connectivity index (χ2n) is 4.18. The molecule has 2 aromatic heterocycles. The molecule has 2 rings (SSSR count). The first-order valence-corrected chi connectivity index (χ1v) is 5.98. The predicted molar refractivity (Wildman–Crippen MR) is 75.7 cm³/mol. The van der Waals surface area contributed by atoms with Crippen molar-refractivity contribution in [2.45, 2.75) is 13.5 Å². The molecule has 18 heavy (non-hydrogen) atoms. The second-order valence-corrected chi connectivity index (χ2v) is 4.62. The SMILES string of the molecule is Cc1ccnc(N(C)Cc2ccoc2)c1C(N)=S. The molecule has 0 saturated carbocycles. The minimum absolute atomic E-state index is 0.370. The molecule has 5 heteroatoms. The van der Waals surface area contributed by atoms with E-state index in [9.17, 15) is 0 Å². The number of anilines is 1. The third kappa shape index (κ3) is 2.51. The molecule has 0 aromatic carbocycles. The molecular weight excluding hydrogens is 246 g/mol. The molecule has 0 radical (unpaired) electrons. The van der Waals surface area contributed by atoms with Crippen LogP contribution < -0.4 is 10.6 Å². The molecule has 0 bridgehead atoms. The Balaban J connectivity index is 2.32. The van der Waals surface area contributed by atoms with Crippen LogP contribution in [0.15, 0.2) is 35.3 Å². The van der Waals surface area contributed by atoms with E-state index in [2.05, 4.69) is 4.98 Å². The van der Waals surface area contributed by atoms with Gasteiger partial charge in [-0.1, -0.05) is 12.2 Å². The molecule has 0 spiro atoms. The Morgan fingerprint density at radius 1 is 1.50 bits per heavy atom. The summed E-state index contributed by atoms with van der Waals surface area (Å²) in [6.07, 6.45) is 5.13. The number of aryl methyl sites for hydroxylation is 1. The van der Waals surface area contributed by atoms with Gasteiger partial charge in [0.2, 0.25) is 0 Å². The molecule has 4 nitrogen and oxygen atoms in total. The van der Waals surface area contributed by atoms with Gasteiger partial charge in [-0.05, 0) is 24.6 Å². The minimum atomic E-state index is 0.370. The van der Waals surface area contributed by atoms with Crippen molar-refractivity contribution in [3.63, 3.8) is 0 Å². The average molecular weight is 261 g/mol. The van der Waals surface area contributed by atoms with Crippen LogP contribution in [0.2, 0.25) is 0 Å². The quantitative estimate of drug-likeness (QED) is 0.855. The van der Waals surface area contributed by atoms with Crippen molar-refractivity contribution in [2.24, 2.45) is 5.73 Å². The van der Waals surface area contributed by atoms with Crippen LogP contribution in [-0.2, 0) is 6.54 Å². The Kier molecular flexibility index (Phi) is 3.62. The van der Waals surface area contributed by atoms with Crippen LogP contribution in [0.5, 0.6) is 0 Å². The first kappa shape index (κ1) is 12.6. The summed E-state index contributed by atoms with van der Waals surface area (Å²) in [6.45, 7) is 2.67. The van der Waals surface area contributed by atoms with Crippen LogP contribution in [0, 0.1) is 6.92 Å². The van der Waals surface area contributed by atoms with Gasteiger partial charge in [0, 0.05) is 25.4 Å². The Morgan fingerprint density at radius 3 is 2.89 bits per heavy atom. The fourth-order valence-electron chi connectivity index (χ4n) is 1.87. The number of nitrogens with two attached hydrogens (primary N) is 1. The number of furan rings is 1. The van der Waals surface area contributed by atoms with Gasteiger partial charge in [0.05, 0.1) is 18.1 Å². The van der Waals surface area contributed by atoms with Gasteiger partial charge in [-0.25, -0.2) is 4.98 Å². The van der Waals surface area contributed by atoms with E-state index in [-0.39, 0.29) is 0 Å². The summed E-state index contributed by atoms with van der Waals surface area (Å²) >= 11 is 5.10. The number of aromatic nitrogens is 1. The van der Waals surface area contributed by atoms with Gasteiger partial charge in [0.25, 0.3) is 0 Å². The number of nitrogens with zero attached hydrogens (tertiary/aromatic N) is 2. The van der Waals surface area contributed by atoms with E-state index in [0.717, 1.165) is 22.5 Å². The summed E-state index contributed by atoms with van der Waals surface area (Å²) < 4.78 is 5.06. The molecule has 0 atom stereocenters. The molecule has 94 valence electrons. The van der Waals surface area contributed by atoms with E-state index in [4.69, 9.17) is 22.4 Å². The van der Waals surface area contributed by atoms with Crippen molar-refractivity contribution >= 4 is 23.0 Å². The Hall–Kier alpha value is -1.88. The number of rotatable bonds is 4. The van der Waals surface area contributed by atoms with Crippen LogP contribution in [-0.4, -0.2) is 17.0 Å². The van der Waals surface area contributed by atoms with Crippen LogP contribution in [0.4, 0.5) is 5.82 Å². The van der Waals surface area contributed by atoms with Crippen LogP contribution in [0.25, 0.3) is 0 Å². The molecule has 0 aliphatic heterocycles. The maximum absolute atomic E-state index is 5.77. The third-order valence-electron chi connectivity index (χ3n) is 2.75. The highest BCUT2D eigenvalue weighted by Gasteiger charge is 2.14. The molecule has 2 N–H and O–H groups in total. The van der Waals surface area contributed by atoms with Crippen molar-refractivity contribution in [1.29, 1.82) is 0 Å². The smallest absolute Gasteiger partial charge is 0.139 e. The maximum atomic E-state index is 5.77. The summed E-state index contributed by atoms with van der Waals surface area (Å²) in [6, 6.07) is 3.83. The molecule has 0 fully saturated rings. The van der Waals surface area contributed by atoms with Gasteiger partial charge >= 0.3 is 0 Å². The van der Waals surface area contributed by atoms with Gasteiger partial charge in [0.15, 0.2) is 0 Å². The normalized spacial score (nSPS) is 10.3. The van der Waals surface area contributed by atoms with E-state index < -0.39 is 0 Å². The lowest BCUT2D eigenvalue weighted by Crippen LogP contribution is -2.23. The first-order chi connectivity index (χ1) is 8.59. The standard InChI is InChI=1S/C13H15N3OS/c1-9-3-5-15-13(11(9)12(14)18)16(2)7-10-4-6-17-8-10/h3-6,8H,7H2,1-2H3,(H2,14,18). The molecule has 0 aliphatic carbocycles.